The van der Waals surface area contributed by atoms with E-state index in [-0.39, 0.29) is 42.3 Å². The Morgan fingerprint density at radius 2 is 1.67 bits per heavy atom. The summed E-state index contributed by atoms with van der Waals surface area (Å²) in [5.41, 5.74) is 1.67. The van der Waals surface area contributed by atoms with E-state index in [1.165, 1.54) is 17.0 Å². The highest BCUT2D eigenvalue weighted by atomic mass is 35.5. The molecule has 0 saturated carbocycles. The molecule has 39 heavy (non-hydrogen) atoms. The summed E-state index contributed by atoms with van der Waals surface area (Å²) in [7, 11) is -4.06. The lowest BCUT2D eigenvalue weighted by Gasteiger charge is -2.32. The summed E-state index contributed by atoms with van der Waals surface area (Å²) in [5, 5.41) is 3.38. The molecule has 3 aromatic carbocycles. The molecule has 0 saturated heterocycles. The van der Waals surface area contributed by atoms with Crippen LogP contribution in [0.3, 0.4) is 0 Å². The van der Waals surface area contributed by atoms with Gasteiger partial charge in [0, 0.05) is 37.5 Å². The number of fused-ring (bicyclic) bond motifs is 1. The van der Waals surface area contributed by atoms with E-state index in [0.29, 0.717) is 11.6 Å². The summed E-state index contributed by atoms with van der Waals surface area (Å²) in [6.07, 6.45) is 0.697. The van der Waals surface area contributed by atoms with E-state index >= 15 is 0 Å². The van der Waals surface area contributed by atoms with Crippen LogP contribution in [-0.4, -0.2) is 54.5 Å². The minimum Gasteiger partial charge on any atom is -0.354 e. The summed E-state index contributed by atoms with van der Waals surface area (Å²) in [6, 6.07) is 21.5. The van der Waals surface area contributed by atoms with E-state index in [0.717, 1.165) is 21.9 Å². The highest BCUT2D eigenvalue weighted by Gasteiger charge is 2.41. The van der Waals surface area contributed by atoms with Crippen LogP contribution in [0.2, 0.25) is 5.02 Å². The standard InChI is InChI=1S/C29H30ClN3O5S/c1-2-16-31-28(35)25(19-21-9-4-3-5-10-21)32(20-22-11-8-12-23(30)18-22)27(34)15-17-33-29(36)24-13-6-7-14-26(24)39(33,37)38/h3-14,18,25H,2,15-17,19-20H2,1H3,(H,31,35). The van der Waals surface area contributed by atoms with Gasteiger partial charge in [0.05, 0.1) is 5.56 Å². The number of carbonyl (C=O) groups is 3. The molecule has 3 amide bonds. The van der Waals surface area contributed by atoms with Gasteiger partial charge in [-0.3, -0.25) is 14.4 Å². The zero-order chi connectivity index (χ0) is 28.0. The monoisotopic (exact) mass is 567 g/mol. The van der Waals surface area contributed by atoms with Gasteiger partial charge in [0.1, 0.15) is 10.9 Å². The molecule has 4 rings (SSSR count). The highest BCUT2D eigenvalue weighted by Crippen LogP contribution is 2.30. The number of halogens is 1. The minimum atomic E-state index is -4.06. The second-order valence-corrected chi connectivity index (χ2v) is 11.5. The van der Waals surface area contributed by atoms with Gasteiger partial charge in [-0.2, -0.15) is 0 Å². The quantitative estimate of drug-likeness (QED) is 0.377. The number of benzene rings is 3. The molecule has 10 heteroatoms. The van der Waals surface area contributed by atoms with Gasteiger partial charge in [0.25, 0.3) is 15.9 Å². The van der Waals surface area contributed by atoms with Gasteiger partial charge in [0.15, 0.2) is 0 Å². The Balaban J connectivity index is 1.63. The van der Waals surface area contributed by atoms with Gasteiger partial charge < -0.3 is 10.2 Å². The number of nitrogens with one attached hydrogen (secondary N) is 1. The smallest absolute Gasteiger partial charge is 0.269 e. The average Bonchev–Trinajstić information content (AvgIpc) is 3.13. The first-order valence-electron chi connectivity index (χ1n) is 12.7. The summed E-state index contributed by atoms with van der Waals surface area (Å²) in [4.78, 5) is 41.4. The van der Waals surface area contributed by atoms with E-state index < -0.39 is 27.9 Å². The lowest BCUT2D eigenvalue weighted by Crippen LogP contribution is -2.51. The first-order valence-corrected chi connectivity index (χ1v) is 14.6. The molecule has 3 aromatic rings. The first kappa shape index (κ1) is 28.3. The van der Waals surface area contributed by atoms with Crippen LogP contribution in [0.4, 0.5) is 0 Å². The molecular formula is C29H30ClN3O5S. The summed E-state index contributed by atoms with van der Waals surface area (Å²) >= 11 is 6.19. The van der Waals surface area contributed by atoms with Crippen LogP contribution in [0.5, 0.6) is 0 Å². The van der Waals surface area contributed by atoms with Crippen molar-refractivity contribution in [2.24, 2.45) is 0 Å². The number of hydrogen-bond donors (Lipinski definition) is 1. The van der Waals surface area contributed by atoms with Gasteiger partial charge in [-0.1, -0.05) is 73.1 Å². The van der Waals surface area contributed by atoms with Crippen LogP contribution < -0.4 is 5.32 Å². The Hall–Kier alpha value is -3.69. The van der Waals surface area contributed by atoms with Crippen molar-refractivity contribution in [2.45, 2.75) is 43.7 Å². The first-order chi connectivity index (χ1) is 18.7. The summed E-state index contributed by atoms with van der Waals surface area (Å²) < 4.78 is 26.7. The molecular weight excluding hydrogens is 538 g/mol. The van der Waals surface area contributed by atoms with E-state index in [9.17, 15) is 22.8 Å². The van der Waals surface area contributed by atoms with Gasteiger partial charge in [-0.25, -0.2) is 12.7 Å². The number of rotatable bonds is 11. The molecule has 1 N–H and O–H groups in total. The number of amides is 3. The van der Waals surface area contributed by atoms with E-state index in [1.807, 2.05) is 37.3 Å². The van der Waals surface area contributed by atoms with E-state index in [1.54, 1.807) is 36.4 Å². The Kier molecular flexibility index (Phi) is 9.04. The van der Waals surface area contributed by atoms with Gasteiger partial charge in [-0.05, 0) is 41.8 Å². The predicted octanol–water partition coefficient (Wildman–Crippen LogP) is 4.04. The average molecular weight is 568 g/mol. The lowest BCUT2D eigenvalue weighted by atomic mass is 10.0. The lowest BCUT2D eigenvalue weighted by molar-refractivity contribution is -0.141. The molecule has 0 fully saturated rings. The largest absolute Gasteiger partial charge is 0.354 e. The molecule has 1 unspecified atom stereocenters. The summed E-state index contributed by atoms with van der Waals surface area (Å²) in [6.45, 7) is 2.13. The normalized spacial score (nSPS) is 14.5. The van der Waals surface area contributed by atoms with Crippen LogP contribution in [0.15, 0.2) is 83.8 Å². The molecule has 0 bridgehead atoms. The highest BCUT2D eigenvalue weighted by molar-refractivity contribution is 7.90. The van der Waals surface area contributed by atoms with Gasteiger partial charge in [0.2, 0.25) is 11.8 Å². The van der Waals surface area contributed by atoms with Crippen molar-refractivity contribution in [3.63, 3.8) is 0 Å². The maximum absolute atomic E-state index is 13.8. The van der Waals surface area contributed by atoms with Crippen LogP contribution >= 0.6 is 11.6 Å². The molecule has 0 radical (unpaired) electrons. The molecule has 1 aliphatic rings. The van der Waals surface area contributed by atoms with E-state index in [4.69, 9.17) is 11.6 Å². The van der Waals surface area contributed by atoms with Crippen molar-refractivity contribution >= 4 is 39.3 Å². The molecule has 8 nitrogen and oxygen atoms in total. The van der Waals surface area contributed by atoms with Gasteiger partial charge in [-0.15, -0.1) is 0 Å². The maximum atomic E-state index is 13.8. The van der Waals surface area contributed by atoms with Crippen molar-refractivity contribution < 1.29 is 22.8 Å². The predicted molar refractivity (Wildman–Crippen MR) is 149 cm³/mol. The van der Waals surface area contributed by atoms with Crippen LogP contribution in [-0.2, 0) is 32.6 Å². The topological polar surface area (TPSA) is 104 Å². The fourth-order valence-electron chi connectivity index (χ4n) is 4.54. The Bertz CT molecular complexity index is 1460. The van der Waals surface area contributed by atoms with Crippen LogP contribution in [0, 0.1) is 0 Å². The third-order valence-corrected chi connectivity index (χ3v) is 8.58. The zero-order valence-electron chi connectivity index (χ0n) is 21.5. The summed E-state index contributed by atoms with van der Waals surface area (Å²) in [5.74, 6) is -1.43. The van der Waals surface area contributed by atoms with Crippen molar-refractivity contribution in [2.75, 3.05) is 13.1 Å². The maximum Gasteiger partial charge on any atom is 0.269 e. The second kappa shape index (κ2) is 12.4. The number of carbonyl (C=O) groups excluding carboxylic acids is 3. The molecule has 204 valence electrons. The molecule has 0 aliphatic carbocycles. The second-order valence-electron chi connectivity index (χ2n) is 9.28. The molecule has 1 aliphatic heterocycles. The third kappa shape index (κ3) is 6.49. The molecule has 1 heterocycles. The minimum absolute atomic E-state index is 0.0702. The Morgan fingerprint density at radius 1 is 0.974 bits per heavy atom. The van der Waals surface area contributed by atoms with Crippen molar-refractivity contribution in [3.05, 3.63) is 101 Å². The Morgan fingerprint density at radius 3 is 2.36 bits per heavy atom. The number of sulfonamides is 1. The van der Waals surface area contributed by atoms with Crippen LogP contribution in [0.1, 0.15) is 41.3 Å². The van der Waals surface area contributed by atoms with Crippen molar-refractivity contribution in [1.82, 2.24) is 14.5 Å². The zero-order valence-corrected chi connectivity index (χ0v) is 23.1. The van der Waals surface area contributed by atoms with Crippen molar-refractivity contribution in [3.8, 4) is 0 Å². The van der Waals surface area contributed by atoms with Crippen molar-refractivity contribution in [1.29, 1.82) is 0 Å². The Labute approximate surface area is 233 Å². The van der Waals surface area contributed by atoms with Gasteiger partial charge >= 0.3 is 0 Å². The number of nitrogens with zero attached hydrogens (tertiary/aromatic N) is 2. The number of hydrogen-bond acceptors (Lipinski definition) is 5. The fraction of sp³-hybridized carbons (Fsp3) is 0.276. The third-order valence-electron chi connectivity index (χ3n) is 6.50. The van der Waals surface area contributed by atoms with E-state index in [2.05, 4.69) is 5.32 Å². The molecule has 0 spiro atoms. The SMILES string of the molecule is CCCNC(=O)C(Cc1ccccc1)N(Cc1cccc(Cl)c1)C(=O)CCN1C(=O)c2ccccc2S1(=O)=O. The fourth-order valence-corrected chi connectivity index (χ4v) is 6.33. The molecule has 0 aromatic heterocycles. The van der Waals surface area contributed by atoms with Crippen LogP contribution in [0.25, 0.3) is 0 Å². The molecule has 1 atom stereocenters.